The lowest BCUT2D eigenvalue weighted by atomic mass is 9.95. The van der Waals surface area contributed by atoms with Gasteiger partial charge in [0.15, 0.2) is 5.82 Å². The van der Waals surface area contributed by atoms with Crippen molar-refractivity contribution in [3.8, 4) is 17.3 Å². The Morgan fingerprint density at radius 3 is 2.69 bits per heavy atom. The molecule has 3 fully saturated rings. The molecule has 2 aromatic carbocycles. The SMILES string of the molecule is C[N+](=CC1CN(C(=O)OC(C)(C)C)C[C@H]1F)c1nc(OC[C@@]23CCCN2C[C@H](F)C3)nc2c(F)c(-c3cccc4cccc(Cl)c34)ncc12. The van der Waals surface area contributed by atoms with E-state index in [1.54, 1.807) is 50.7 Å². The number of amides is 1. The molecule has 3 saturated heterocycles. The van der Waals surface area contributed by atoms with E-state index < -0.39 is 41.3 Å². The lowest BCUT2D eigenvalue weighted by Crippen LogP contribution is -2.43. The molecule has 4 aromatic rings. The summed E-state index contributed by atoms with van der Waals surface area (Å²) in [4.78, 5) is 29.9. The van der Waals surface area contributed by atoms with Gasteiger partial charge in [0.1, 0.15) is 41.1 Å². The van der Waals surface area contributed by atoms with Gasteiger partial charge in [-0.15, -0.1) is 0 Å². The highest BCUT2D eigenvalue weighted by atomic mass is 35.5. The molecule has 49 heavy (non-hydrogen) atoms. The average molecular weight is 696 g/mol. The molecule has 0 saturated carbocycles. The molecule has 3 aliphatic rings. The van der Waals surface area contributed by atoms with Crippen LogP contribution in [0.1, 0.15) is 40.0 Å². The van der Waals surface area contributed by atoms with Crippen LogP contribution < -0.4 is 4.74 Å². The molecule has 5 heterocycles. The van der Waals surface area contributed by atoms with Crippen molar-refractivity contribution in [1.29, 1.82) is 0 Å². The Kier molecular flexibility index (Phi) is 8.67. The van der Waals surface area contributed by atoms with Crippen molar-refractivity contribution < 1.29 is 32.0 Å². The fraction of sp³-hybridized carbons (Fsp3) is 0.472. The summed E-state index contributed by atoms with van der Waals surface area (Å²) >= 11 is 6.59. The third kappa shape index (κ3) is 6.40. The van der Waals surface area contributed by atoms with Crippen LogP contribution in [0, 0.1) is 11.7 Å². The Hall–Kier alpha value is -4.03. The Balaban J connectivity index is 1.29. The van der Waals surface area contributed by atoms with E-state index in [1.807, 2.05) is 24.3 Å². The zero-order valence-electron chi connectivity index (χ0n) is 27.9. The Bertz CT molecular complexity index is 1970. The number of rotatable bonds is 6. The monoisotopic (exact) mass is 695 g/mol. The van der Waals surface area contributed by atoms with Crippen molar-refractivity contribution >= 4 is 51.4 Å². The second-order valence-corrected chi connectivity index (χ2v) is 14.8. The Morgan fingerprint density at radius 1 is 1.14 bits per heavy atom. The van der Waals surface area contributed by atoms with Crippen molar-refractivity contribution in [2.75, 3.05) is 39.8 Å². The second-order valence-electron chi connectivity index (χ2n) is 14.3. The lowest BCUT2D eigenvalue weighted by molar-refractivity contribution is -0.405. The topological polar surface area (TPSA) is 83.7 Å². The van der Waals surface area contributed by atoms with Crippen LogP contribution in [0.15, 0.2) is 42.6 Å². The van der Waals surface area contributed by atoms with Gasteiger partial charge in [0, 0.05) is 46.7 Å². The molecule has 0 spiro atoms. The minimum atomic E-state index is -1.36. The highest BCUT2D eigenvalue weighted by Crippen LogP contribution is 2.41. The molecule has 4 atom stereocenters. The molecule has 0 N–H and O–H groups in total. The van der Waals surface area contributed by atoms with E-state index in [0.717, 1.165) is 24.8 Å². The van der Waals surface area contributed by atoms with E-state index in [9.17, 15) is 9.18 Å². The first-order valence-electron chi connectivity index (χ1n) is 16.6. The average Bonchev–Trinajstić information content (AvgIpc) is 3.70. The molecule has 1 amide bonds. The van der Waals surface area contributed by atoms with E-state index in [-0.39, 0.29) is 48.1 Å². The van der Waals surface area contributed by atoms with E-state index in [2.05, 4.69) is 19.9 Å². The normalized spacial score (nSPS) is 24.6. The maximum atomic E-state index is 16.7. The summed E-state index contributed by atoms with van der Waals surface area (Å²) in [6.07, 6.45) is 2.27. The van der Waals surface area contributed by atoms with Crippen LogP contribution in [0.2, 0.25) is 5.02 Å². The molecule has 9 nitrogen and oxygen atoms in total. The van der Waals surface area contributed by atoms with Crippen LogP contribution in [-0.2, 0) is 4.74 Å². The van der Waals surface area contributed by atoms with Gasteiger partial charge >= 0.3 is 17.9 Å². The maximum Gasteiger partial charge on any atom is 0.434 e. The summed E-state index contributed by atoms with van der Waals surface area (Å²) in [7, 11) is 1.67. The summed E-state index contributed by atoms with van der Waals surface area (Å²) in [5, 5.41) is 2.22. The third-order valence-corrected chi connectivity index (χ3v) is 9.99. The Labute approximate surface area is 287 Å². The number of pyridine rings is 1. The highest BCUT2D eigenvalue weighted by molar-refractivity contribution is 6.36. The first-order chi connectivity index (χ1) is 23.3. The molecule has 13 heteroatoms. The predicted octanol–water partition coefficient (Wildman–Crippen LogP) is 7.14. The standard InChI is InChI=1S/C36H39ClF3N6O3/c1-35(2,3)49-34(47)45-17-22(27(39)19-45)16-44(4)32-25-15-41-30(24-10-5-8-21-9-6-11-26(37)28(21)24)29(40)31(25)42-33(43-32)48-20-36-12-7-13-46(36)18-23(38)14-36/h5-6,8-11,15-16,22-23,27H,7,12-14,17-20H2,1-4H3/q+1/t22?,23-,27-,36+/m1/s1. The number of likely N-dealkylation sites (tertiary alicyclic amines) is 1. The first kappa shape index (κ1) is 33.5. The van der Waals surface area contributed by atoms with Crippen molar-refractivity contribution in [3.63, 3.8) is 0 Å². The molecule has 258 valence electrons. The summed E-state index contributed by atoms with van der Waals surface area (Å²) in [6, 6.07) is 10.8. The molecule has 0 bridgehead atoms. The summed E-state index contributed by atoms with van der Waals surface area (Å²) in [5.74, 6) is -1.14. The van der Waals surface area contributed by atoms with Gasteiger partial charge in [-0.2, -0.15) is 4.98 Å². The van der Waals surface area contributed by atoms with Crippen molar-refractivity contribution in [2.45, 2.75) is 63.5 Å². The van der Waals surface area contributed by atoms with Gasteiger partial charge in [-0.25, -0.2) is 22.5 Å². The van der Waals surface area contributed by atoms with Gasteiger partial charge in [0.2, 0.25) is 0 Å². The number of fused-ring (bicyclic) bond motifs is 3. The highest BCUT2D eigenvalue weighted by Gasteiger charge is 2.49. The molecule has 0 radical (unpaired) electrons. The number of carbonyl (C=O) groups is 1. The van der Waals surface area contributed by atoms with Crippen LogP contribution in [0.5, 0.6) is 6.01 Å². The molecular weight excluding hydrogens is 657 g/mol. The van der Waals surface area contributed by atoms with Crippen molar-refractivity contribution in [3.05, 3.63) is 53.4 Å². The number of aromatic nitrogens is 3. The molecule has 7 rings (SSSR count). The van der Waals surface area contributed by atoms with Crippen LogP contribution in [0.25, 0.3) is 32.9 Å². The number of carbonyl (C=O) groups excluding carboxylic acids is 1. The van der Waals surface area contributed by atoms with Gasteiger partial charge < -0.3 is 14.4 Å². The number of alkyl halides is 2. The number of hydrogen-bond acceptors (Lipinski definition) is 7. The van der Waals surface area contributed by atoms with E-state index in [4.69, 9.17) is 21.1 Å². The lowest BCUT2D eigenvalue weighted by Gasteiger charge is -2.30. The first-order valence-corrected chi connectivity index (χ1v) is 17.0. The van der Waals surface area contributed by atoms with Crippen LogP contribution in [0.3, 0.4) is 0 Å². The zero-order chi connectivity index (χ0) is 34.7. The Morgan fingerprint density at radius 2 is 1.92 bits per heavy atom. The quantitative estimate of drug-likeness (QED) is 0.157. The van der Waals surface area contributed by atoms with Crippen molar-refractivity contribution in [2.24, 2.45) is 5.92 Å². The summed E-state index contributed by atoms with van der Waals surface area (Å²) in [5.41, 5.74) is -0.683. The number of halogens is 4. The number of hydrogen-bond donors (Lipinski definition) is 0. The van der Waals surface area contributed by atoms with Gasteiger partial charge in [-0.1, -0.05) is 41.9 Å². The predicted molar refractivity (Wildman–Crippen MR) is 182 cm³/mol. The van der Waals surface area contributed by atoms with E-state index >= 15 is 8.78 Å². The molecule has 2 aromatic heterocycles. The third-order valence-electron chi connectivity index (χ3n) is 9.67. The minimum absolute atomic E-state index is 0.0384. The van der Waals surface area contributed by atoms with Crippen LogP contribution in [-0.4, -0.2) is 105 Å². The molecule has 1 unspecified atom stereocenters. The maximum absolute atomic E-state index is 16.7. The van der Waals surface area contributed by atoms with Gasteiger partial charge in [-0.05, 0) is 51.6 Å². The second kappa shape index (κ2) is 12.7. The number of ether oxygens (including phenoxy) is 2. The zero-order valence-corrected chi connectivity index (χ0v) is 28.7. The molecular formula is C36H39ClF3N6O3+. The molecule has 3 aliphatic heterocycles. The molecule has 0 aliphatic carbocycles. The summed E-state index contributed by atoms with van der Waals surface area (Å²) < 4.78 is 59.8. The summed E-state index contributed by atoms with van der Waals surface area (Å²) in [6.45, 7) is 6.52. The van der Waals surface area contributed by atoms with E-state index in [0.29, 0.717) is 28.9 Å². The van der Waals surface area contributed by atoms with Gasteiger partial charge in [0.05, 0.1) is 31.3 Å². The van der Waals surface area contributed by atoms with E-state index in [1.165, 1.54) is 11.1 Å². The largest absolute Gasteiger partial charge is 0.444 e. The fourth-order valence-corrected chi connectivity index (χ4v) is 7.73. The number of benzene rings is 2. The smallest absolute Gasteiger partial charge is 0.434 e. The van der Waals surface area contributed by atoms with Crippen molar-refractivity contribution in [1.82, 2.24) is 24.8 Å². The fourth-order valence-electron chi connectivity index (χ4n) is 7.45. The number of nitrogens with zero attached hydrogens (tertiary/aromatic N) is 6. The minimum Gasteiger partial charge on any atom is -0.444 e. The van der Waals surface area contributed by atoms with Crippen LogP contribution >= 0.6 is 11.6 Å². The van der Waals surface area contributed by atoms with Crippen LogP contribution in [0.4, 0.5) is 23.8 Å². The van der Waals surface area contributed by atoms with Gasteiger partial charge in [-0.3, -0.25) is 9.88 Å². The van der Waals surface area contributed by atoms with Gasteiger partial charge in [0.25, 0.3) is 0 Å².